The third-order valence-electron chi connectivity index (χ3n) is 16.4. The van der Waals surface area contributed by atoms with Crippen molar-refractivity contribution < 1.29 is 29.3 Å². The first kappa shape index (κ1) is 61.6. The van der Waals surface area contributed by atoms with E-state index >= 15 is 0 Å². The Morgan fingerprint density at radius 1 is 0.517 bits per heavy atom. The standard InChI is InChI=1S/C33H37ClN6O3S.C32H34ClN5O3S2/c1-19-12-24-15-25(13-19)44-18-23-14-22(35-39(23)6)16-37(4)17-27-30(21(3)38(5)36-27)31-26(34)8-9-28-29(31)20(2)32(33(41)42)40(28)10-7-11-43-24;1-18-11-23-14-24(12-18)43-16-22-13-21(34-37(22)5)15-42-17-26-29(20(3)36(4)35-26)30-25(33)7-8-27-28(30)19(2)31(32(39)40)38(27)9-6-10-41-23/h8-9,12-15H,7,10-11,16-18H2,1-6H3,(H,41,42);7-8,11-14H,6,9-10,15-17H2,1-5H3,(H,39,40). The highest BCUT2D eigenvalue weighted by Crippen LogP contribution is 2.45. The Labute approximate surface area is 528 Å². The van der Waals surface area contributed by atoms with E-state index in [0.717, 1.165) is 139 Å². The largest absolute Gasteiger partial charge is 0.493 e. The summed E-state index contributed by atoms with van der Waals surface area (Å²) in [4.78, 5) is 29.7. The van der Waals surface area contributed by atoms with Gasteiger partial charge in [-0.2, -0.15) is 20.4 Å². The lowest BCUT2D eigenvalue weighted by molar-refractivity contribution is 0.0673. The fourth-order valence-electron chi connectivity index (χ4n) is 12.2. The zero-order chi connectivity index (χ0) is 61.7. The van der Waals surface area contributed by atoms with Crippen molar-refractivity contribution in [3.05, 3.63) is 162 Å². The first-order chi connectivity index (χ1) is 41.6. The van der Waals surface area contributed by atoms with E-state index in [4.69, 9.17) is 53.1 Å². The van der Waals surface area contributed by atoms with Gasteiger partial charge >= 0.3 is 11.9 Å². The predicted octanol–water partition coefficient (Wildman–Crippen LogP) is 14.3. The summed E-state index contributed by atoms with van der Waals surface area (Å²) in [6.07, 6.45) is 1.28. The van der Waals surface area contributed by atoms with E-state index in [1.165, 1.54) is 0 Å². The molecule has 0 radical (unpaired) electrons. The minimum atomic E-state index is -0.964. The van der Waals surface area contributed by atoms with Gasteiger partial charge in [0.25, 0.3) is 0 Å². The smallest absolute Gasteiger partial charge is 0.352 e. The van der Waals surface area contributed by atoms with E-state index in [2.05, 4.69) is 62.2 Å². The highest BCUT2D eigenvalue weighted by molar-refractivity contribution is 7.98. The molecule has 2 aliphatic rings. The molecule has 12 rings (SSSR count). The number of rotatable bonds is 2. The summed E-state index contributed by atoms with van der Waals surface area (Å²) in [7, 11) is 9.92. The molecule has 0 aliphatic carbocycles. The van der Waals surface area contributed by atoms with Crippen molar-refractivity contribution in [2.24, 2.45) is 28.2 Å². The highest BCUT2D eigenvalue weighted by Gasteiger charge is 2.30. The van der Waals surface area contributed by atoms with Crippen LogP contribution in [-0.2, 0) is 77.4 Å². The summed E-state index contributed by atoms with van der Waals surface area (Å²) in [6.45, 7) is 15.1. The van der Waals surface area contributed by atoms with E-state index < -0.39 is 11.9 Å². The molecule has 0 amide bonds. The summed E-state index contributed by atoms with van der Waals surface area (Å²) in [5.74, 6) is 2.70. The van der Waals surface area contributed by atoms with Crippen molar-refractivity contribution in [3.8, 4) is 33.8 Å². The number of aromatic nitrogens is 10. The number of aromatic carboxylic acids is 2. The lowest BCUT2D eigenvalue weighted by atomic mass is 9.96. The van der Waals surface area contributed by atoms with Crippen molar-refractivity contribution in [2.45, 2.75) is 113 Å². The molecule has 8 heterocycles. The van der Waals surface area contributed by atoms with Crippen LogP contribution in [0.4, 0.5) is 0 Å². The number of nitrogens with zero attached hydrogens (tertiary/aromatic N) is 11. The first-order valence-corrected chi connectivity index (χ1v) is 32.7. The minimum absolute atomic E-state index is 0.270. The number of hydrogen-bond donors (Lipinski definition) is 2. The maximum absolute atomic E-state index is 12.7. The molecule has 10 aromatic rings. The van der Waals surface area contributed by atoms with Crippen LogP contribution in [0.1, 0.15) is 102 Å². The molecular formula is C65H71Cl2N11O6S3. The number of carboxylic acids is 2. The van der Waals surface area contributed by atoms with Gasteiger partial charge in [-0.25, -0.2) is 9.59 Å². The summed E-state index contributed by atoms with van der Waals surface area (Å²) in [6, 6.07) is 24.5. The summed E-state index contributed by atoms with van der Waals surface area (Å²) in [5.41, 5.74) is 17.5. The minimum Gasteiger partial charge on any atom is -0.493 e. The number of halogens is 2. The van der Waals surface area contributed by atoms with Crippen LogP contribution >= 0.6 is 58.5 Å². The molecule has 6 aromatic heterocycles. The molecule has 16 bridgehead atoms. The number of aryl methyl sites for hydroxylation is 10. The maximum atomic E-state index is 12.7. The van der Waals surface area contributed by atoms with Crippen molar-refractivity contribution in [3.63, 3.8) is 0 Å². The number of carbonyl (C=O) groups is 2. The van der Waals surface area contributed by atoms with E-state index in [0.29, 0.717) is 79.2 Å². The van der Waals surface area contributed by atoms with Crippen LogP contribution in [0.15, 0.2) is 82.6 Å². The molecule has 17 nitrogen and oxygen atoms in total. The number of carboxylic acid groups (broad SMARTS) is 2. The van der Waals surface area contributed by atoms with Crippen molar-refractivity contribution in [2.75, 3.05) is 20.3 Å². The molecule has 2 aliphatic heterocycles. The summed E-state index contributed by atoms with van der Waals surface area (Å²) in [5, 5.41) is 42.9. The van der Waals surface area contributed by atoms with Crippen LogP contribution in [0.25, 0.3) is 44.1 Å². The third-order valence-corrected chi connectivity index (χ3v) is 20.0. The van der Waals surface area contributed by atoms with Gasteiger partial charge < -0.3 is 28.8 Å². The number of fused-ring (bicyclic) bond motifs is 12. The van der Waals surface area contributed by atoms with Crippen LogP contribution in [-0.4, -0.2) is 95.6 Å². The Kier molecular flexibility index (Phi) is 18.1. The van der Waals surface area contributed by atoms with Gasteiger partial charge in [0.2, 0.25) is 0 Å². The van der Waals surface area contributed by atoms with Gasteiger partial charge in [-0.1, -0.05) is 23.2 Å². The van der Waals surface area contributed by atoms with Crippen LogP contribution < -0.4 is 9.47 Å². The van der Waals surface area contributed by atoms with Crippen LogP contribution in [0.2, 0.25) is 10.0 Å². The van der Waals surface area contributed by atoms with Gasteiger partial charge in [0.05, 0.1) is 36.0 Å². The summed E-state index contributed by atoms with van der Waals surface area (Å²) < 4.78 is 23.9. The molecule has 0 spiro atoms. The number of benzene rings is 4. The lowest BCUT2D eigenvalue weighted by Crippen LogP contribution is -2.18. The predicted molar refractivity (Wildman–Crippen MR) is 349 cm³/mol. The molecule has 0 atom stereocenters. The summed E-state index contributed by atoms with van der Waals surface area (Å²) >= 11 is 19.2. The second kappa shape index (κ2) is 25.6. The molecule has 454 valence electrons. The molecule has 2 N–H and O–H groups in total. The quantitative estimate of drug-likeness (QED) is 0.167. The highest BCUT2D eigenvalue weighted by atomic mass is 35.5. The maximum Gasteiger partial charge on any atom is 0.352 e. The Bertz CT molecular complexity index is 4320. The molecule has 4 aromatic carbocycles. The Balaban J connectivity index is 0.000000180. The molecule has 22 heteroatoms. The van der Waals surface area contributed by atoms with Crippen LogP contribution in [0, 0.1) is 41.5 Å². The van der Waals surface area contributed by atoms with Gasteiger partial charge in [-0.15, -0.1) is 35.3 Å². The number of thioether (sulfide) groups is 3. The second-order valence-electron chi connectivity index (χ2n) is 22.7. The second-order valence-corrected chi connectivity index (χ2v) is 26.6. The molecule has 0 saturated carbocycles. The topological polar surface area (TPSA) is 177 Å². The average molecular weight is 1270 g/mol. The Morgan fingerprint density at radius 3 is 1.47 bits per heavy atom. The van der Waals surface area contributed by atoms with Gasteiger partial charge in [0, 0.05) is 164 Å². The zero-order valence-electron chi connectivity index (χ0n) is 50.8. The molecule has 87 heavy (non-hydrogen) atoms. The lowest BCUT2D eigenvalue weighted by Gasteiger charge is -2.16. The fourth-order valence-corrected chi connectivity index (χ4v) is 15.7. The van der Waals surface area contributed by atoms with Gasteiger partial charge in [0.1, 0.15) is 22.9 Å². The van der Waals surface area contributed by atoms with E-state index in [9.17, 15) is 19.8 Å². The van der Waals surface area contributed by atoms with Crippen molar-refractivity contribution in [1.29, 1.82) is 0 Å². The van der Waals surface area contributed by atoms with Crippen molar-refractivity contribution >= 4 is 92.2 Å². The van der Waals surface area contributed by atoms with Gasteiger partial charge in [-0.05, 0) is 156 Å². The molecule has 0 saturated heterocycles. The van der Waals surface area contributed by atoms with E-state index in [1.807, 2.05) is 120 Å². The number of hydrogen-bond acceptors (Lipinski definition) is 12. The molecule has 0 unspecified atom stereocenters. The Morgan fingerprint density at radius 2 is 0.977 bits per heavy atom. The third kappa shape index (κ3) is 12.5. The molecular weight excluding hydrogens is 1200 g/mol. The molecule has 0 fully saturated rings. The van der Waals surface area contributed by atoms with Gasteiger partial charge in [-0.3, -0.25) is 23.6 Å². The zero-order valence-corrected chi connectivity index (χ0v) is 54.8. The van der Waals surface area contributed by atoms with Crippen LogP contribution in [0.5, 0.6) is 11.5 Å². The van der Waals surface area contributed by atoms with Gasteiger partial charge in [0.15, 0.2) is 0 Å². The van der Waals surface area contributed by atoms with E-state index in [-0.39, 0.29) is 11.4 Å². The first-order valence-electron chi connectivity index (χ1n) is 28.8. The Hall–Kier alpha value is -7.07. The fraction of sp³-hybridized carbons (Fsp3) is 0.354. The average Bonchev–Trinajstić information content (AvgIpc) is 1.71. The SMILES string of the molecule is Cc1cc2cc(c1)SCc1cc(nn1C)CN(C)Cc1nn(C)c(C)c1-c1c(Cl)ccc3c1c(C)c(C(=O)O)n3CCCO2.Cc1cc2cc(c1)SCc1cc(nn1C)CSCc1nn(C)c(C)c1-c1c(Cl)ccc3c1c(C)c(C(=O)O)n3CCCO2. The normalized spacial score (nSPS) is 14.6. The van der Waals surface area contributed by atoms with Crippen molar-refractivity contribution in [1.82, 2.24) is 53.2 Å². The van der Waals surface area contributed by atoms with E-state index in [1.54, 1.807) is 35.3 Å². The number of ether oxygens (including phenoxy) is 2. The monoisotopic (exact) mass is 1270 g/mol. The van der Waals surface area contributed by atoms with Crippen LogP contribution in [0.3, 0.4) is 0 Å².